The Hall–Kier alpha value is -1.81. The van der Waals surface area contributed by atoms with Gasteiger partial charge >= 0.3 is 0 Å². The first-order chi connectivity index (χ1) is 12.5. The van der Waals surface area contributed by atoms with E-state index in [0.29, 0.717) is 22.0 Å². The van der Waals surface area contributed by atoms with Crippen LogP contribution in [0.2, 0.25) is 5.02 Å². The molecule has 1 amide bonds. The first-order valence-corrected chi connectivity index (χ1v) is 9.94. The highest BCUT2D eigenvalue weighted by Crippen LogP contribution is 2.55. The third-order valence-electron chi connectivity index (χ3n) is 6.64. The smallest absolute Gasteiger partial charge is 0.257 e. The van der Waals surface area contributed by atoms with Gasteiger partial charge in [-0.3, -0.25) is 4.79 Å². The Balaban J connectivity index is 1.47. The van der Waals surface area contributed by atoms with Gasteiger partial charge in [0.2, 0.25) is 0 Å². The lowest BCUT2D eigenvalue weighted by atomic mass is 9.53. The molecule has 0 aliphatic heterocycles. The van der Waals surface area contributed by atoms with Gasteiger partial charge in [-0.1, -0.05) is 35.0 Å². The summed E-state index contributed by atoms with van der Waals surface area (Å²) in [7, 11) is 0. The van der Waals surface area contributed by atoms with Crippen LogP contribution in [0.4, 0.5) is 0 Å². The topological polar surface area (TPSA) is 55.1 Å². The molecule has 26 heavy (non-hydrogen) atoms. The fourth-order valence-electron chi connectivity index (χ4n) is 6.04. The number of rotatable bonds is 3. The second-order valence-electron chi connectivity index (χ2n) is 8.59. The van der Waals surface area contributed by atoms with Crippen LogP contribution in [0.1, 0.15) is 54.6 Å². The first kappa shape index (κ1) is 16.4. The number of hydrogen-bond acceptors (Lipinski definition) is 3. The van der Waals surface area contributed by atoms with Crippen molar-refractivity contribution in [3.8, 4) is 11.3 Å². The second-order valence-corrected chi connectivity index (χ2v) is 9.00. The van der Waals surface area contributed by atoms with Crippen molar-refractivity contribution in [3.05, 3.63) is 40.6 Å². The van der Waals surface area contributed by atoms with Crippen LogP contribution in [0, 0.1) is 24.7 Å². The molecule has 0 spiro atoms. The predicted octanol–water partition coefficient (Wildman–Crippen LogP) is 5.00. The quantitative estimate of drug-likeness (QED) is 0.826. The Morgan fingerprint density at radius 2 is 1.77 bits per heavy atom. The average molecular weight is 371 g/mol. The standard InChI is InChI=1S/C21H23ClN2O2/c1-12-18(19(24-26-12)16-4-2-3-5-17(16)22)20(25)23-21-9-13-6-14(10-21)8-15(7-13)11-21/h2-5,13-15H,6-11H2,1H3,(H,23,25). The molecule has 4 bridgehead atoms. The molecule has 4 fully saturated rings. The van der Waals surface area contributed by atoms with E-state index < -0.39 is 0 Å². The van der Waals surface area contributed by atoms with Gasteiger partial charge < -0.3 is 9.84 Å². The SMILES string of the molecule is Cc1onc(-c2ccccc2Cl)c1C(=O)NC12CC3CC(CC(C3)C1)C2. The maximum absolute atomic E-state index is 13.3. The summed E-state index contributed by atoms with van der Waals surface area (Å²) in [6.45, 7) is 1.79. The maximum atomic E-state index is 13.3. The minimum Gasteiger partial charge on any atom is -0.360 e. The molecular formula is C21H23ClN2O2. The van der Waals surface area contributed by atoms with Gasteiger partial charge in [-0.15, -0.1) is 0 Å². The van der Waals surface area contributed by atoms with Crippen molar-refractivity contribution in [1.82, 2.24) is 10.5 Å². The Bertz CT molecular complexity index is 837. The Kier molecular flexibility index (Phi) is 3.68. The highest BCUT2D eigenvalue weighted by atomic mass is 35.5. The maximum Gasteiger partial charge on any atom is 0.257 e. The summed E-state index contributed by atoms with van der Waals surface area (Å²) in [5.74, 6) is 2.83. The summed E-state index contributed by atoms with van der Waals surface area (Å²) in [6.07, 6.45) is 7.42. The summed E-state index contributed by atoms with van der Waals surface area (Å²) >= 11 is 6.33. The third-order valence-corrected chi connectivity index (χ3v) is 6.97. The minimum atomic E-state index is -0.0689. The van der Waals surface area contributed by atoms with Crippen LogP contribution in [-0.4, -0.2) is 16.6 Å². The van der Waals surface area contributed by atoms with Crippen LogP contribution in [0.15, 0.2) is 28.8 Å². The number of aromatic nitrogens is 1. The number of amides is 1. The summed E-state index contributed by atoms with van der Waals surface area (Å²) in [6, 6.07) is 7.45. The van der Waals surface area contributed by atoms with E-state index in [-0.39, 0.29) is 11.4 Å². The number of aryl methyl sites for hydroxylation is 1. The van der Waals surface area contributed by atoms with E-state index in [2.05, 4.69) is 10.5 Å². The van der Waals surface area contributed by atoms with E-state index in [1.54, 1.807) is 6.92 Å². The fourth-order valence-corrected chi connectivity index (χ4v) is 6.27. The number of carbonyl (C=O) groups excluding carboxylic acids is 1. The Labute approximate surface area is 158 Å². The van der Waals surface area contributed by atoms with Gasteiger partial charge in [0, 0.05) is 11.1 Å². The molecule has 1 aromatic heterocycles. The highest BCUT2D eigenvalue weighted by Gasteiger charge is 2.51. The zero-order valence-electron chi connectivity index (χ0n) is 14.9. The van der Waals surface area contributed by atoms with Crippen LogP contribution >= 0.6 is 11.6 Å². The summed E-state index contributed by atoms with van der Waals surface area (Å²) in [4.78, 5) is 13.3. The molecule has 5 heteroatoms. The van der Waals surface area contributed by atoms with E-state index in [1.807, 2.05) is 24.3 Å². The first-order valence-electron chi connectivity index (χ1n) is 9.57. The van der Waals surface area contributed by atoms with Crippen LogP contribution in [0.5, 0.6) is 0 Å². The number of halogens is 1. The van der Waals surface area contributed by atoms with E-state index in [0.717, 1.165) is 42.6 Å². The lowest BCUT2D eigenvalue weighted by Gasteiger charge is -2.56. The molecule has 0 saturated heterocycles. The molecular weight excluding hydrogens is 348 g/mol. The molecule has 4 aliphatic rings. The van der Waals surface area contributed by atoms with Crippen LogP contribution in [-0.2, 0) is 0 Å². The van der Waals surface area contributed by atoms with Crippen molar-refractivity contribution in [2.24, 2.45) is 17.8 Å². The molecule has 4 aliphatic carbocycles. The van der Waals surface area contributed by atoms with Gasteiger partial charge in [0.05, 0.1) is 5.02 Å². The van der Waals surface area contributed by atoms with Crippen molar-refractivity contribution >= 4 is 17.5 Å². The largest absolute Gasteiger partial charge is 0.360 e. The Morgan fingerprint density at radius 1 is 1.15 bits per heavy atom. The van der Waals surface area contributed by atoms with Gasteiger partial charge in [-0.05, 0) is 69.3 Å². The summed E-state index contributed by atoms with van der Waals surface area (Å²) < 4.78 is 5.38. The fraction of sp³-hybridized carbons (Fsp3) is 0.524. The minimum absolute atomic E-state index is 0.0344. The monoisotopic (exact) mass is 370 g/mol. The number of benzene rings is 1. The molecule has 136 valence electrons. The number of carbonyl (C=O) groups is 1. The highest BCUT2D eigenvalue weighted by molar-refractivity contribution is 6.33. The summed E-state index contributed by atoms with van der Waals surface area (Å²) in [5.41, 5.74) is 1.76. The van der Waals surface area contributed by atoms with Gasteiger partial charge in [-0.2, -0.15) is 0 Å². The number of nitrogens with zero attached hydrogens (tertiary/aromatic N) is 1. The Morgan fingerprint density at radius 3 is 2.38 bits per heavy atom. The van der Waals surface area contributed by atoms with E-state index in [9.17, 15) is 4.79 Å². The molecule has 0 radical (unpaired) electrons. The lowest BCUT2D eigenvalue weighted by Crippen LogP contribution is -2.59. The van der Waals surface area contributed by atoms with Crippen molar-refractivity contribution in [2.45, 2.75) is 51.0 Å². The normalized spacial score (nSPS) is 32.0. The summed E-state index contributed by atoms with van der Waals surface area (Å²) in [5, 5.41) is 8.13. The zero-order valence-corrected chi connectivity index (χ0v) is 15.7. The van der Waals surface area contributed by atoms with Gasteiger partial charge in [0.25, 0.3) is 5.91 Å². The molecule has 4 nitrogen and oxygen atoms in total. The third kappa shape index (κ3) is 2.58. The zero-order chi connectivity index (χ0) is 17.9. The van der Waals surface area contributed by atoms with Gasteiger partial charge in [0.1, 0.15) is 17.0 Å². The predicted molar refractivity (Wildman–Crippen MR) is 100 cm³/mol. The van der Waals surface area contributed by atoms with Crippen LogP contribution in [0.3, 0.4) is 0 Å². The second kappa shape index (κ2) is 5.85. The van der Waals surface area contributed by atoms with Crippen molar-refractivity contribution in [3.63, 3.8) is 0 Å². The number of nitrogens with one attached hydrogen (secondary N) is 1. The molecule has 1 N–H and O–H groups in total. The molecule has 1 heterocycles. The average Bonchev–Trinajstić information content (AvgIpc) is 2.95. The number of hydrogen-bond donors (Lipinski definition) is 1. The van der Waals surface area contributed by atoms with Crippen molar-refractivity contribution < 1.29 is 9.32 Å². The molecule has 4 saturated carbocycles. The molecule has 1 aromatic carbocycles. The molecule has 0 unspecified atom stereocenters. The molecule has 6 rings (SSSR count). The molecule has 2 aromatic rings. The van der Waals surface area contributed by atoms with Gasteiger partial charge in [0.15, 0.2) is 0 Å². The van der Waals surface area contributed by atoms with Crippen molar-refractivity contribution in [2.75, 3.05) is 0 Å². The molecule has 0 atom stereocenters. The van der Waals surface area contributed by atoms with E-state index in [1.165, 1.54) is 19.3 Å². The van der Waals surface area contributed by atoms with E-state index in [4.69, 9.17) is 16.1 Å². The van der Waals surface area contributed by atoms with Crippen LogP contribution in [0.25, 0.3) is 11.3 Å². The van der Waals surface area contributed by atoms with Gasteiger partial charge in [-0.25, -0.2) is 0 Å². The lowest BCUT2D eigenvalue weighted by molar-refractivity contribution is -0.0167. The van der Waals surface area contributed by atoms with Crippen molar-refractivity contribution in [1.29, 1.82) is 0 Å². The van der Waals surface area contributed by atoms with Crippen LogP contribution < -0.4 is 5.32 Å². The van der Waals surface area contributed by atoms with E-state index >= 15 is 0 Å².